The molecule has 2 N–H and O–H groups in total. The van der Waals surface area contributed by atoms with E-state index in [2.05, 4.69) is 16.1 Å². The van der Waals surface area contributed by atoms with Gasteiger partial charge in [-0.3, -0.25) is 4.90 Å². The van der Waals surface area contributed by atoms with E-state index in [0.717, 1.165) is 16.0 Å². The van der Waals surface area contributed by atoms with Crippen molar-refractivity contribution in [1.82, 2.24) is 19.5 Å². The van der Waals surface area contributed by atoms with Crippen LogP contribution in [0.25, 0.3) is 16.5 Å². The van der Waals surface area contributed by atoms with Crippen LogP contribution in [0.1, 0.15) is 22.0 Å². The maximum atomic E-state index is 10.9. The summed E-state index contributed by atoms with van der Waals surface area (Å²) in [6.45, 7) is 2.54. The third-order valence-electron chi connectivity index (χ3n) is 4.44. The average molecular weight is 384 g/mol. The lowest BCUT2D eigenvalue weighted by atomic mass is 10.0. The zero-order chi connectivity index (χ0) is 19.0. The first-order valence-electron chi connectivity index (χ1n) is 8.58. The van der Waals surface area contributed by atoms with Crippen molar-refractivity contribution < 1.29 is 14.6 Å². The lowest BCUT2D eigenvalue weighted by molar-refractivity contribution is 0.196. The molecule has 0 radical (unpaired) electrons. The second-order valence-electron chi connectivity index (χ2n) is 6.42. The largest absolute Gasteiger partial charge is 0.492 e. The predicted molar refractivity (Wildman–Crippen MR) is 103 cm³/mol. The predicted octanol–water partition coefficient (Wildman–Crippen LogP) is 3.08. The van der Waals surface area contributed by atoms with Gasteiger partial charge in [0.05, 0.1) is 23.8 Å². The normalized spacial score (nSPS) is 12.9. The summed E-state index contributed by atoms with van der Waals surface area (Å²) in [7, 11) is 1.92. The van der Waals surface area contributed by atoms with Crippen molar-refractivity contribution in [3.63, 3.8) is 0 Å². The lowest BCUT2D eigenvalue weighted by Crippen LogP contribution is -2.28. The number of aromatic nitrogens is 3. The first-order valence-corrected chi connectivity index (χ1v) is 9.40. The molecule has 0 bridgehead atoms. The molecule has 0 fully saturated rings. The van der Waals surface area contributed by atoms with Crippen LogP contribution < -0.4 is 0 Å². The number of benzene rings is 1. The van der Waals surface area contributed by atoms with E-state index in [9.17, 15) is 10.2 Å². The van der Waals surface area contributed by atoms with Crippen molar-refractivity contribution in [2.45, 2.75) is 13.0 Å². The molecular formula is C19H20N4O3S. The van der Waals surface area contributed by atoms with E-state index in [1.165, 1.54) is 15.9 Å². The van der Waals surface area contributed by atoms with Crippen LogP contribution in [0.3, 0.4) is 0 Å². The Kier molecular flexibility index (Phi) is 4.69. The second-order valence-corrected chi connectivity index (χ2v) is 7.43. The minimum absolute atomic E-state index is 0.0307. The zero-order valence-corrected chi connectivity index (χ0v) is 15.8. The molecule has 8 heteroatoms. The fraction of sp³-hybridized carbons (Fsp3) is 0.263. The average Bonchev–Trinajstić information content (AvgIpc) is 3.35. The topological polar surface area (TPSA) is 87.0 Å². The van der Waals surface area contributed by atoms with E-state index in [4.69, 9.17) is 4.42 Å². The highest BCUT2D eigenvalue weighted by Gasteiger charge is 2.28. The molecule has 1 aromatic carbocycles. The van der Waals surface area contributed by atoms with Gasteiger partial charge in [-0.2, -0.15) is 9.50 Å². The highest BCUT2D eigenvalue weighted by molar-refractivity contribution is 7.17. The van der Waals surface area contributed by atoms with Crippen LogP contribution in [0.5, 0.6) is 5.88 Å². The number of aliphatic hydroxyl groups is 1. The summed E-state index contributed by atoms with van der Waals surface area (Å²) in [5.74, 6) is 1.04. The molecule has 1 unspecified atom stereocenters. The van der Waals surface area contributed by atoms with E-state index in [-0.39, 0.29) is 18.5 Å². The van der Waals surface area contributed by atoms with Crippen LogP contribution in [0, 0.1) is 6.92 Å². The molecule has 0 aliphatic carbocycles. The first kappa shape index (κ1) is 17.7. The molecule has 27 heavy (non-hydrogen) atoms. The van der Waals surface area contributed by atoms with Gasteiger partial charge in [0.15, 0.2) is 5.76 Å². The second kappa shape index (κ2) is 7.15. The number of fused-ring (bicyclic) bond motifs is 1. The van der Waals surface area contributed by atoms with Crippen LogP contribution in [0.2, 0.25) is 0 Å². The van der Waals surface area contributed by atoms with E-state index in [1.54, 1.807) is 18.4 Å². The Morgan fingerprint density at radius 2 is 2.15 bits per heavy atom. The Morgan fingerprint density at radius 1 is 1.30 bits per heavy atom. The Labute approximate surface area is 160 Å². The molecule has 0 amide bonds. The summed E-state index contributed by atoms with van der Waals surface area (Å²) in [6.07, 6.45) is 1.56. The van der Waals surface area contributed by atoms with E-state index in [0.29, 0.717) is 23.1 Å². The summed E-state index contributed by atoms with van der Waals surface area (Å²) >= 11 is 1.38. The van der Waals surface area contributed by atoms with Crippen LogP contribution in [-0.4, -0.2) is 49.9 Å². The van der Waals surface area contributed by atoms with Crippen LogP contribution >= 0.6 is 11.3 Å². The molecule has 4 rings (SSSR count). The molecular weight excluding hydrogens is 364 g/mol. The molecule has 3 aromatic heterocycles. The number of rotatable bonds is 6. The van der Waals surface area contributed by atoms with Gasteiger partial charge in [0.1, 0.15) is 0 Å². The molecule has 0 saturated heterocycles. The molecule has 140 valence electrons. The van der Waals surface area contributed by atoms with Crippen molar-refractivity contribution in [2.24, 2.45) is 0 Å². The van der Waals surface area contributed by atoms with Crippen LogP contribution in [0.4, 0.5) is 0 Å². The minimum Gasteiger partial charge on any atom is -0.492 e. The van der Waals surface area contributed by atoms with Gasteiger partial charge >= 0.3 is 0 Å². The maximum Gasteiger partial charge on any atom is 0.230 e. The number of nitrogens with zero attached hydrogens (tertiary/aromatic N) is 4. The Hall–Kier alpha value is -2.68. The van der Waals surface area contributed by atoms with E-state index in [1.807, 2.05) is 37.1 Å². The Morgan fingerprint density at radius 3 is 2.81 bits per heavy atom. The van der Waals surface area contributed by atoms with Gasteiger partial charge in [0, 0.05) is 6.54 Å². The standard InChI is InChI=1S/C19H20N4O3S/c1-12-5-3-6-13(11-12)15(22(2)8-9-24)16-18(25)23-19(27-16)20-17(21-23)14-7-4-10-26-14/h3-7,10-11,15,24-25H,8-9H2,1-2H3. The van der Waals surface area contributed by atoms with Gasteiger partial charge < -0.3 is 14.6 Å². The smallest absolute Gasteiger partial charge is 0.230 e. The fourth-order valence-corrected chi connectivity index (χ4v) is 4.32. The highest BCUT2D eigenvalue weighted by atomic mass is 32.1. The molecule has 4 aromatic rings. The maximum absolute atomic E-state index is 10.9. The number of aryl methyl sites for hydroxylation is 1. The van der Waals surface area contributed by atoms with Gasteiger partial charge in [-0.1, -0.05) is 41.2 Å². The van der Waals surface area contributed by atoms with Gasteiger partial charge in [-0.25, -0.2) is 0 Å². The van der Waals surface area contributed by atoms with Crippen LogP contribution in [-0.2, 0) is 0 Å². The molecule has 0 aliphatic rings. The van der Waals surface area contributed by atoms with Crippen molar-refractivity contribution in [3.8, 4) is 17.5 Å². The number of furan rings is 1. The van der Waals surface area contributed by atoms with Crippen LogP contribution in [0.15, 0.2) is 47.1 Å². The summed E-state index contributed by atoms with van der Waals surface area (Å²) in [5.41, 5.74) is 2.17. The third-order valence-corrected chi connectivity index (χ3v) is 5.51. The van der Waals surface area contributed by atoms with Crippen molar-refractivity contribution >= 4 is 16.3 Å². The number of hydrogen-bond donors (Lipinski definition) is 2. The van der Waals surface area contributed by atoms with Crippen molar-refractivity contribution in [3.05, 3.63) is 58.7 Å². The van der Waals surface area contributed by atoms with E-state index >= 15 is 0 Å². The van der Waals surface area contributed by atoms with Gasteiger partial charge in [-0.05, 0) is 31.7 Å². The Balaban J connectivity index is 1.80. The Bertz CT molecular complexity index is 1050. The van der Waals surface area contributed by atoms with Crippen molar-refractivity contribution in [1.29, 1.82) is 0 Å². The molecule has 0 aliphatic heterocycles. The molecule has 3 heterocycles. The minimum atomic E-state index is -0.211. The summed E-state index contributed by atoms with van der Waals surface area (Å²) < 4.78 is 6.78. The molecule has 0 spiro atoms. The fourth-order valence-electron chi connectivity index (χ4n) is 3.17. The highest BCUT2D eigenvalue weighted by Crippen LogP contribution is 2.40. The zero-order valence-electron chi connectivity index (χ0n) is 15.0. The number of likely N-dealkylation sites (N-methyl/N-ethyl adjacent to an activating group) is 1. The SMILES string of the molecule is Cc1cccc(C(c2sc3nc(-c4ccco4)nn3c2O)N(C)CCO)c1. The molecule has 0 saturated carbocycles. The summed E-state index contributed by atoms with van der Waals surface area (Å²) in [4.78, 5) is 7.81. The van der Waals surface area contributed by atoms with Gasteiger partial charge in [0.25, 0.3) is 0 Å². The van der Waals surface area contributed by atoms with E-state index < -0.39 is 0 Å². The first-order chi connectivity index (χ1) is 13.1. The third kappa shape index (κ3) is 3.23. The lowest BCUT2D eigenvalue weighted by Gasteiger charge is -2.27. The molecule has 7 nitrogen and oxygen atoms in total. The number of hydrogen-bond acceptors (Lipinski definition) is 7. The van der Waals surface area contributed by atoms with Gasteiger partial charge in [-0.15, -0.1) is 5.10 Å². The number of thiazole rings is 1. The summed E-state index contributed by atoms with van der Waals surface area (Å²) in [6, 6.07) is 11.5. The summed E-state index contributed by atoms with van der Waals surface area (Å²) in [5, 5.41) is 24.7. The number of aromatic hydroxyl groups is 1. The van der Waals surface area contributed by atoms with Gasteiger partial charge in [0.2, 0.25) is 16.7 Å². The monoisotopic (exact) mass is 384 g/mol. The molecule has 1 atom stereocenters. The quantitative estimate of drug-likeness (QED) is 0.531. The van der Waals surface area contributed by atoms with Crippen molar-refractivity contribution in [2.75, 3.05) is 20.2 Å². The number of aliphatic hydroxyl groups excluding tert-OH is 1.